The van der Waals surface area contributed by atoms with Crippen LogP contribution in [-0.2, 0) is 16.0 Å². The van der Waals surface area contributed by atoms with Crippen LogP contribution >= 0.6 is 11.8 Å². The van der Waals surface area contributed by atoms with Crippen molar-refractivity contribution >= 4 is 28.8 Å². The molecule has 4 rings (SSSR count). The molecule has 1 fully saturated rings. The van der Waals surface area contributed by atoms with Gasteiger partial charge in [0, 0.05) is 12.1 Å². The van der Waals surface area contributed by atoms with Crippen molar-refractivity contribution < 1.29 is 23.9 Å². The Hall–Kier alpha value is -2.84. The number of ether oxygens (including phenoxy) is 2. The van der Waals surface area contributed by atoms with Gasteiger partial charge in [-0.25, -0.2) is 4.90 Å². The van der Waals surface area contributed by atoms with Gasteiger partial charge in [-0.15, -0.1) is 0 Å². The van der Waals surface area contributed by atoms with Gasteiger partial charge >= 0.3 is 0 Å². The Morgan fingerprint density at radius 2 is 1.94 bits per heavy atom. The number of fused-ring (bicyclic) bond motifs is 1. The Balaban J connectivity index is 1.42. The number of rotatable bonds is 8. The molecule has 0 radical (unpaired) electrons. The van der Waals surface area contributed by atoms with Crippen LogP contribution in [0.1, 0.15) is 41.1 Å². The predicted molar refractivity (Wildman–Crippen MR) is 117 cm³/mol. The summed E-state index contributed by atoms with van der Waals surface area (Å²) < 4.78 is 11.8. The van der Waals surface area contributed by atoms with Crippen LogP contribution in [-0.4, -0.2) is 52.5 Å². The average Bonchev–Trinajstić information content (AvgIpc) is 3.11. The molecule has 2 aromatic rings. The Morgan fingerprint density at radius 3 is 2.65 bits per heavy atom. The van der Waals surface area contributed by atoms with E-state index in [0.29, 0.717) is 16.9 Å². The van der Waals surface area contributed by atoms with Gasteiger partial charge in [-0.05, 0) is 24.1 Å². The number of hydrogen-bond donors (Lipinski definition) is 0. The van der Waals surface area contributed by atoms with Crippen LogP contribution in [0.4, 0.5) is 4.79 Å². The van der Waals surface area contributed by atoms with E-state index in [1.54, 1.807) is 11.0 Å². The fraction of sp³-hybridized carbons (Fsp3) is 0.348. The minimum Gasteiger partial charge on any atom is -0.472 e. The molecule has 2 aromatic carbocycles. The topological polar surface area (TPSA) is 76.2 Å². The third-order valence-corrected chi connectivity index (χ3v) is 6.05. The Labute approximate surface area is 185 Å². The maximum atomic E-state index is 12.9. The zero-order valence-electron chi connectivity index (χ0n) is 17.3. The largest absolute Gasteiger partial charge is 0.472 e. The third-order valence-electron chi connectivity index (χ3n) is 5.22. The van der Waals surface area contributed by atoms with E-state index in [1.807, 2.05) is 42.5 Å². The molecule has 2 heterocycles. The number of thioether (sulfide) groups is 1. The molecule has 1 saturated heterocycles. The second-order valence-electron chi connectivity index (χ2n) is 7.37. The van der Waals surface area contributed by atoms with Crippen LogP contribution in [0.2, 0.25) is 0 Å². The molecule has 31 heavy (non-hydrogen) atoms. The van der Waals surface area contributed by atoms with Gasteiger partial charge in [0.1, 0.15) is 5.75 Å². The molecule has 3 amide bonds. The van der Waals surface area contributed by atoms with Crippen LogP contribution in [0.15, 0.2) is 48.5 Å². The van der Waals surface area contributed by atoms with Crippen LogP contribution in [0.25, 0.3) is 0 Å². The number of amides is 3. The van der Waals surface area contributed by atoms with Crippen molar-refractivity contribution in [3.63, 3.8) is 0 Å². The summed E-state index contributed by atoms with van der Waals surface area (Å²) in [6, 6.07) is 14.8. The van der Waals surface area contributed by atoms with Crippen molar-refractivity contribution in [3.05, 3.63) is 65.2 Å². The summed E-state index contributed by atoms with van der Waals surface area (Å²) in [5, 5.41) is -0.326. The molecule has 7 nitrogen and oxygen atoms in total. The van der Waals surface area contributed by atoms with Crippen molar-refractivity contribution in [2.24, 2.45) is 0 Å². The van der Waals surface area contributed by atoms with Gasteiger partial charge in [0.05, 0.1) is 17.9 Å². The summed E-state index contributed by atoms with van der Waals surface area (Å²) in [7, 11) is 0. The van der Waals surface area contributed by atoms with Crippen molar-refractivity contribution in [2.75, 3.05) is 25.6 Å². The molecule has 1 unspecified atom stereocenters. The van der Waals surface area contributed by atoms with Crippen molar-refractivity contribution in [1.29, 1.82) is 0 Å². The van der Waals surface area contributed by atoms with Gasteiger partial charge in [-0.2, -0.15) is 0 Å². The number of carbonyl (C=O) groups excluding carboxylic acids is 3. The second kappa shape index (κ2) is 9.53. The van der Waals surface area contributed by atoms with E-state index < -0.39 is 6.23 Å². The number of benzene rings is 2. The minimum atomic E-state index is -0.819. The smallest absolute Gasteiger partial charge is 0.291 e. The summed E-state index contributed by atoms with van der Waals surface area (Å²) in [4.78, 5) is 40.1. The highest BCUT2D eigenvalue weighted by molar-refractivity contribution is 8.14. The molecule has 0 aromatic heterocycles. The highest BCUT2D eigenvalue weighted by Crippen LogP contribution is 2.31. The van der Waals surface area contributed by atoms with Crippen molar-refractivity contribution in [2.45, 2.75) is 26.0 Å². The standard InChI is InChI=1S/C23H24N2O5S/c1-2-6-16-9-10-18-19(13-16)30-15-24(21(18)27)11-12-29-22(17-7-4-3-5-8-17)25-20(26)14-31-23(25)28/h3-5,7-10,13,22H,2,6,11-12,14-15H2,1H3. The van der Waals surface area contributed by atoms with Gasteiger partial charge in [0.15, 0.2) is 13.0 Å². The molecule has 162 valence electrons. The Kier molecular flexibility index (Phi) is 6.58. The van der Waals surface area contributed by atoms with E-state index in [1.165, 1.54) is 0 Å². The predicted octanol–water partition coefficient (Wildman–Crippen LogP) is 3.84. The van der Waals surface area contributed by atoms with Gasteiger partial charge in [-0.3, -0.25) is 14.4 Å². The van der Waals surface area contributed by atoms with Crippen molar-refractivity contribution in [3.8, 4) is 5.75 Å². The Morgan fingerprint density at radius 1 is 1.13 bits per heavy atom. The zero-order chi connectivity index (χ0) is 21.8. The number of imide groups is 1. The molecule has 0 N–H and O–H groups in total. The first-order valence-corrected chi connectivity index (χ1v) is 11.3. The van der Waals surface area contributed by atoms with E-state index in [9.17, 15) is 14.4 Å². The monoisotopic (exact) mass is 440 g/mol. The summed E-state index contributed by atoms with van der Waals surface area (Å²) in [5.74, 6) is 0.326. The summed E-state index contributed by atoms with van der Waals surface area (Å²) >= 11 is 0.968. The number of carbonyl (C=O) groups is 3. The SMILES string of the molecule is CCCc1ccc2c(c1)OCN(CCOC(c1ccccc1)N1C(=O)CSC1=O)C2=O. The van der Waals surface area contributed by atoms with E-state index in [2.05, 4.69) is 6.92 Å². The van der Waals surface area contributed by atoms with Gasteiger partial charge in [0.25, 0.3) is 11.1 Å². The molecule has 0 saturated carbocycles. The average molecular weight is 441 g/mol. The quantitative estimate of drug-likeness (QED) is 0.621. The molecule has 2 aliphatic heterocycles. The maximum absolute atomic E-state index is 12.9. The molecular formula is C23H24N2O5S. The molecule has 0 bridgehead atoms. The van der Waals surface area contributed by atoms with Crippen LogP contribution in [0.5, 0.6) is 5.75 Å². The first-order chi connectivity index (χ1) is 15.1. The van der Waals surface area contributed by atoms with Crippen molar-refractivity contribution in [1.82, 2.24) is 9.80 Å². The fourth-order valence-electron chi connectivity index (χ4n) is 3.65. The number of nitrogens with zero attached hydrogens (tertiary/aromatic N) is 2. The normalized spacial score (nSPS) is 17.0. The van der Waals surface area contributed by atoms with Gasteiger partial charge in [0.2, 0.25) is 5.91 Å². The van der Waals surface area contributed by atoms with Crippen LogP contribution < -0.4 is 4.74 Å². The highest BCUT2D eigenvalue weighted by atomic mass is 32.2. The van der Waals surface area contributed by atoms with Gasteiger partial charge < -0.3 is 14.4 Å². The molecular weight excluding hydrogens is 416 g/mol. The van der Waals surface area contributed by atoms with E-state index in [-0.39, 0.29) is 42.7 Å². The van der Waals surface area contributed by atoms with E-state index >= 15 is 0 Å². The first kappa shape index (κ1) is 21.4. The lowest BCUT2D eigenvalue weighted by Crippen LogP contribution is -2.42. The maximum Gasteiger partial charge on any atom is 0.291 e. The van der Waals surface area contributed by atoms with Gasteiger partial charge in [-0.1, -0.05) is 61.5 Å². The highest BCUT2D eigenvalue weighted by Gasteiger charge is 2.37. The molecule has 0 spiro atoms. The first-order valence-electron chi connectivity index (χ1n) is 10.3. The van der Waals surface area contributed by atoms with E-state index in [4.69, 9.17) is 9.47 Å². The van der Waals surface area contributed by atoms with E-state index in [0.717, 1.165) is 35.1 Å². The molecule has 8 heteroatoms. The Bertz CT molecular complexity index is 965. The summed E-state index contributed by atoms with van der Waals surface area (Å²) in [6.07, 6.45) is 1.15. The second-order valence-corrected chi connectivity index (χ2v) is 8.30. The molecule has 2 aliphatic rings. The fourth-order valence-corrected chi connectivity index (χ4v) is 4.38. The lowest BCUT2D eigenvalue weighted by atomic mass is 10.1. The molecule has 1 atom stereocenters. The molecule has 0 aliphatic carbocycles. The van der Waals surface area contributed by atoms with Crippen LogP contribution in [0, 0.1) is 0 Å². The lowest BCUT2D eigenvalue weighted by Gasteiger charge is -2.31. The lowest BCUT2D eigenvalue weighted by molar-refractivity contribution is -0.136. The zero-order valence-corrected chi connectivity index (χ0v) is 18.1. The summed E-state index contributed by atoms with van der Waals surface area (Å²) in [6.45, 7) is 2.68. The third kappa shape index (κ3) is 4.60. The number of aryl methyl sites for hydroxylation is 1. The minimum absolute atomic E-state index is 0.112. The van der Waals surface area contributed by atoms with Crippen LogP contribution in [0.3, 0.4) is 0 Å². The number of hydrogen-bond acceptors (Lipinski definition) is 6. The summed E-state index contributed by atoms with van der Waals surface area (Å²) in [5.41, 5.74) is 2.39.